The van der Waals surface area contributed by atoms with E-state index in [1.807, 2.05) is 41.2 Å². The van der Waals surface area contributed by atoms with Crippen LogP contribution in [0.15, 0.2) is 24.5 Å². The van der Waals surface area contributed by atoms with E-state index in [0.717, 1.165) is 58.5 Å². The highest BCUT2D eigenvalue weighted by Crippen LogP contribution is 2.21. The molecule has 2 saturated heterocycles. The number of hydrogen-bond acceptors (Lipinski definition) is 4. The lowest BCUT2D eigenvalue weighted by atomic mass is 9.95. The van der Waals surface area contributed by atoms with E-state index in [1.165, 1.54) is 5.56 Å². The van der Waals surface area contributed by atoms with Crippen LogP contribution in [0.1, 0.15) is 38.2 Å². The van der Waals surface area contributed by atoms with E-state index in [0.29, 0.717) is 13.0 Å². The van der Waals surface area contributed by atoms with E-state index in [-0.39, 0.29) is 17.7 Å². The second kappa shape index (κ2) is 9.12. The van der Waals surface area contributed by atoms with Crippen LogP contribution in [0.5, 0.6) is 0 Å². The van der Waals surface area contributed by atoms with Crippen molar-refractivity contribution in [1.29, 1.82) is 0 Å². The number of carbonyl (C=O) groups is 2. The Bertz CT molecular complexity index is 599. The molecule has 1 aromatic heterocycles. The second-order valence-electron chi connectivity index (χ2n) is 7.39. The fraction of sp³-hybridized carbons (Fsp3) is 0.650. The molecule has 6 heteroatoms. The number of pyridine rings is 1. The smallest absolute Gasteiger partial charge is 0.227 e. The minimum Gasteiger partial charge on any atom is -0.342 e. The van der Waals surface area contributed by atoms with Crippen molar-refractivity contribution in [3.05, 3.63) is 30.1 Å². The molecule has 142 valence electrons. The molecule has 0 N–H and O–H groups in total. The van der Waals surface area contributed by atoms with E-state index >= 15 is 0 Å². The van der Waals surface area contributed by atoms with Crippen LogP contribution in [0, 0.1) is 5.92 Å². The molecule has 0 spiro atoms. The number of piperidine rings is 1. The van der Waals surface area contributed by atoms with Gasteiger partial charge in [-0.05, 0) is 37.0 Å². The highest BCUT2D eigenvalue weighted by atomic mass is 16.2. The summed E-state index contributed by atoms with van der Waals surface area (Å²) in [7, 11) is 0. The van der Waals surface area contributed by atoms with Gasteiger partial charge in [0.25, 0.3) is 0 Å². The van der Waals surface area contributed by atoms with Gasteiger partial charge in [-0.2, -0.15) is 0 Å². The van der Waals surface area contributed by atoms with E-state index in [2.05, 4.69) is 9.88 Å². The molecule has 3 rings (SSSR count). The van der Waals surface area contributed by atoms with Crippen molar-refractivity contribution >= 4 is 11.8 Å². The number of likely N-dealkylation sites (tertiary alicyclic amines) is 1. The lowest BCUT2D eigenvalue weighted by molar-refractivity contribution is -0.142. The zero-order chi connectivity index (χ0) is 18.4. The largest absolute Gasteiger partial charge is 0.342 e. The van der Waals surface area contributed by atoms with Gasteiger partial charge in [0.05, 0.1) is 5.92 Å². The van der Waals surface area contributed by atoms with Gasteiger partial charge in [0, 0.05) is 64.6 Å². The van der Waals surface area contributed by atoms with E-state index in [9.17, 15) is 9.59 Å². The van der Waals surface area contributed by atoms with Crippen LogP contribution < -0.4 is 0 Å². The molecule has 2 aliphatic rings. The normalized spacial score (nSPS) is 21.7. The van der Waals surface area contributed by atoms with E-state index in [1.54, 1.807) is 0 Å². The first-order valence-corrected chi connectivity index (χ1v) is 9.85. The summed E-state index contributed by atoms with van der Waals surface area (Å²) in [6.07, 6.45) is 6.95. The van der Waals surface area contributed by atoms with Crippen molar-refractivity contribution in [2.75, 3.05) is 39.3 Å². The van der Waals surface area contributed by atoms with Crippen LogP contribution >= 0.6 is 0 Å². The first-order valence-electron chi connectivity index (χ1n) is 9.85. The summed E-state index contributed by atoms with van der Waals surface area (Å²) in [6, 6.07) is 4.09. The summed E-state index contributed by atoms with van der Waals surface area (Å²) in [5, 5.41) is 0. The predicted molar refractivity (Wildman–Crippen MR) is 100 cm³/mol. The van der Waals surface area contributed by atoms with Gasteiger partial charge in [0.1, 0.15) is 0 Å². The monoisotopic (exact) mass is 358 g/mol. The molecular weight excluding hydrogens is 328 g/mol. The van der Waals surface area contributed by atoms with Gasteiger partial charge in [-0.1, -0.05) is 6.92 Å². The number of hydrogen-bond donors (Lipinski definition) is 0. The van der Waals surface area contributed by atoms with Crippen molar-refractivity contribution < 1.29 is 9.59 Å². The third kappa shape index (κ3) is 4.81. The van der Waals surface area contributed by atoms with Crippen LogP contribution in [0.2, 0.25) is 0 Å². The second-order valence-corrected chi connectivity index (χ2v) is 7.39. The molecule has 2 fully saturated rings. The summed E-state index contributed by atoms with van der Waals surface area (Å²) in [4.78, 5) is 35.4. The van der Waals surface area contributed by atoms with Gasteiger partial charge >= 0.3 is 0 Å². The number of piperazine rings is 1. The van der Waals surface area contributed by atoms with Crippen LogP contribution in [-0.4, -0.2) is 70.8 Å². The average molecular weight is 358 g/mol. The molecule has 1 unspecified atom stereocenters. The maximum absolute atomic E-state index is 12.9. The Hall–Kier alpha value is -1.95. The van der Waals surface area contributed by atoms with Crippen molar-refractivity contribution in [3.63, 3.8) is 0 Å². The summed E-state index contributed by atoms with van der Waals surface area (Å²) in [5.41, 5.74) is 1.26. The summed E-state index contributed by atoms with van der Waals surface area (Å²) in [5.74, 6) is 0.422. The van der Waals surface area contributed by atoms with Crippen molar-refractivity contribution in [1.82, 2.24) is 19.7 Å². The molecule has 6 nitrogen and oxygen atoms in total. The topological polar surface area (TPSA) is 56.8 Å². The molecule has 0 saturated carbocycles. The fourth-order valence-corrected chi connectivity index (χ4v) is 3.91. The first-order chi connectivity index (χ1) is 12.7. The number of aromatic nitrogens is 1. The maximum Gasteiger partial charge on any atom is 0.227 e. The Morgan fingerprint density at radius 1 is 1.08 bits per heavy atom. The number of nitrogens with zero attached hydrogens (tertiary/aromatic N) is 4. The quantitative estimate of drug-likeness (QED) is 0.805. The molecule has 1 aromatic rings. The van der Waals surface area contributed by atoms with Crippen LogP contribution in [0.3, 0.4) is 0 Å². The summed E-state index contributed by atoms with van der Waals surface area (Å²) in [6.45, 7) is 7.71. The van der Waals surface area contributed by atoms with Gasteiger partial charge < -0.3 is 9.80 Å². The Morgan fingerprint density at radius 2 is 1.81 bits per heavy atom. The Labute approximate surface area is 156 Å². The zero-order valence-electron chi connectivity index (χ0n) is 15.8. The lowest BCUT2D eigenvalue weighted by Crippen LogP contribution is -2.52. The Balaban J connectivity index is 1.48. The molecule has 2 amide bonds. The first kappa shape index (κ1) is 18.8. The van der Waals surface area contributed by atoms with Gasteiger partial charge in [0.15, 0.2) is 0 Å². The predicted octanol–water partition coefficient (Wildman–Crippen LogP) is 1.76. The zero-order valence-corrected chi connectivity index (χ0v) is 15.8. The van der Waals surface area contributed by atoms with Gasteiger partial charge in [0.2, 0.25) is 11.8 Å². The molecule has 0 radical (unpaired) electrons. The highest BCUT2D eigenvalue weighted by molar-refractivity contribution is 5.81. The summed E-state index contributed by atoms with van der Waals surface area (Å²) >= 11 is 0. The fourth-order valence-electron chi connectivity index (χ4n) is 3.91. The van der Waals surface area contributed by atoms with Crippen LogP contribution in [0.25, 0.3) is 0 Å². The lowest BCUT2D eigenvalue weighted by Gasteiger charge is -2.39. The van der Waals surface area contributed by atoms with E-state index in [4.69, 9.17) is 0 Å². The molecule has 0 aliphatic carbocycles. The SMILES string of the molecule is CCCC(=O)N1CCCC(C(=O)N2CCN(Cc3ccncc3)CC2)C1. The van der Waals surface area contributed by atoms with E-state index < -0.39 is 0 Å². The molecule has 0 bridgehead atoms. The molecule has 0 aromatic carbocycles. The third-order valence-corrected chi connectivity index (χ3v) is 5.43. The minimum absolute atomic E-state index is 0.0173. The van der Waals surface area contributed by atoms with Crippen LogP contribution in [0.4, 0.5) is 0 Å². The Kier molecular flexibility index (Phi) is 6.61. The summed E-state index contributed by atoms with van der Waals surface area (Å²) < 4.78 is 0. The maximum atomic E-state index is 12.9. The molecule has 1 atom stereocenters. The van der Waals surface area contributed by atoms with Crippen molar-refractivity contribution in [2.45, 2.75) is 39.2 Å². The standard InChI is InChI=1S/C20H30N4O2/c1-2-4-19(25)24-10-3-5-18(16-24)20(26)23-13-11-22(12-14-23)15-17-6-8-21-9-7-17/h6-9,18H,2-5,10-16H2,1H3. The van der Waals surface area contributed by atoms with Gasteiger partial charge in [-0.25, -0.2) is 0 Å². The van der Waals surface area contributed by atoms with Gasteiger partial charge in [-0.15, -0.1) is 0 Å². The minimum atomic E-state index is -0.0173. The molecule has 3 heterocycles. The Morgan fingerprint density at radius 3 is 2.50 bits per heavy atom. The number of rotatable bonds is 5. The number of carbonyl (C=O) groups excluding carboxylic acids is 2. The molecule has 2 aliphatic heterocycles. The average Bonchev–Trinajstić information content (AvgIpc) is 2.69. The molecule has 26 heavy (non-hydrogen) atoms. The third-order valence-electron chi connectivity index (χ3n) is 5.43. The van der Waals surface area contributed by atoms with Crippen molar-refractivity contribution in [3.8, 4) is 0 Å². The van der Waals surface area contributed by atoms with Crippen molar-refractivity contribution in [2.24, 2.45) is 5.92 Å². The van der Waals surface area contributed by atoms with Gasteiger partial charge in [-0.3, -0.25) is 19.5 Å². The number of amides is 2. The molecular formula is C20H30N4O2. The van der Waals surface area contributed by atoms with Crippen LogP contribution in [-0.2, 0) is 16.1 Å². The highest BCUT2D eigenvalue weighted by Gasteiger charge is 2.32.